The maximum Gasteiger partial charge on any atom is 0.251 e. The van der Waals surface area contributed by atoms with Gasteiger partial charge >= 0.3 is 0 Å². The minimum Gasteiger partial charge on any atom is -0.454 e. The van der Waals surface area contributed by atoms with Crippen molar-refractivity contribution in [2.24, 2.45) is 0 Å². The number of hydrogen-bond acceptors (Lipinski definition) is 4. The predicted octanol–water partition coefficient (Wildman–Crippen LogP) is 3.31. The molecular weight excluding hydrogens is 374 g/mol. The van der Waals surface area contributed by atoms with E-state index in [1.165, 1.54) is 0 Å². The molecular formula is C21H23N3O3S. The lowest BCUT2D eigenvalue weighted by molar-refractivity contribution is 0.0922. The minimum absolute atomic E-state index is 0.0143. The molecule has 146 valence electrons. The van der Waals surface area contributed by atoms with Crippen LogP contribution < -0.4 is 20.1 Å². The Bertz CT molecular complexity index is 877. The molecule has 2 heterocycles. The number of nitrogens with one attached hydrogen (secondary N) is 2. The van der Waals surface area contributed by atoms with Crippen molar-refractivity contribution in [2.45, 2.75) is 25.8 Å². The van der Waals surface area contributed by atoms with Crippen LogP contribution in [0.5, 0.6) is 11.5 Å². The van der Waals surface area contributed by atoms with Gasteiger partial charge in [0.2, 0.25) is 6.79 Å². The monoisotopic (exact) mass is 397 g/mol. The van der Waals surface area contributed by atoms with Gasteiger partial charge in [-0.05, 0) is 56.2 Å². The van der Waals surface area contributed by atoms with Crippen LogP contribution in [-0.4, -0.2) is 41.8 Å². The summed E-state index contributed by atoms with van der Waals surface area (Å²) in [6.07, 6.45) is 1.72. The fraction of sp³-hybridized carbons (Fsp3) is 0.333. The van der Waals surface area contributed by atoms with Crippen LogP contribution in [0.2, 0.25) is 0 Å². The molecule has 2 aromatic rings. The number of rotatable bonds is 3. The number of carbonyl (C=O) groups is 1. The van der Waals surface area contributed by atoms with Crippen LogP contribution in [0.4, 0.5) is 5.69 Å². The first-order valence-electron chi connectivity index (χ1n) is 9.41. The van der Waals surface area contributed by atoms with Crippen LogP contribution in [0.1, 0.15) is 28.8 Å². The summed E-state index contributed by atoms with van der Waals surface area (Å²) in [5, 5.41) is 7.08. The summed E-state index contributed by atoms with van der Waals surface area (Å²) >= 11 is 5.55. The van der Waals surface area contributed by atoms with Gasteiger partial charge < -0.3 is 25.0 Å². The average Bonchev–Trinajstić information content (AvgIpc) is 3.17. The zero-order valence-corrected chi connectivity index (χ0v) is 16.6. The smallest absolute Gasteiger partial charge is 0.251 e. The van der Waals surface area contributed by atoms with Crippen LogP contribution in [0.15, 0.2) is 42.5 Å². The van der Waals surface area contributed by atoms with Gasteiger partial charge in [-0.1, -0.05) is 17.7 Å². The second-order valence-corrected chi connectivity index (χ2v) is 7.49. The van der Waals surface area contributed by atoms with Crippen LogP contribution in [0, 0.1) is 6.92 Å². The van der Waals surface area contributed by atoms with E-state index < -0.39 is 0 Å². The van der Waals surface area contributed by atoms with Crippen molar-refractivity contribution in [2.75, 3.05) is 25.2 Å². The van der Waals surface area contributed by atoms with Crippen LogP contribution in [-0.2, 0) is 0 Å². The van der Waals surface area contributed by atoms with Crippen molar-refractivity contribution in [1.29, 1.82) is 0 Å². The maximum atomic E-state index is 12.4. The highest BCUT2D eigenvalue weighted by Gasteiger charge is 2.23. The number of piperidine rings is 1. The first kappa shape index (κ1) is 18.6. The standard InChI is InChI=1S/C21H23N3O3S/c1-14-2-4-15(5-3-14)20(25)22-16-8-10-24(11-9-16)21(28)23-17-6-7-18-19(12-17)27-13-26-18/h2-7,12,16H,8-11,13H2,1H3,(H,22,25)(H,23,28). The summed E-state index contributed by atoms with van der Waals surface area (Å²) in [7, 11) is 0. The number of thiocarbonyl (C=S) groups is 1. The lowest BCUT2D eigenvalue weighted by atomic mass is 10.0. The van der Waals surface area contributed by atoms with E-state index in [4.69, 9.17) is 21.7 Å². The molecule has 4 rings (SSSR count). The molecule has 6 nitrogen and oxygen atoms in total. The largest absolute Gasteiger partial charge is 0.454 e. The topological polar surface area (TPSA) is 62.8 Å². The highest BCUT2D eigenvalue weighted by molar-refractivity contribution is 7.80. The Morgan fingerprint density at radius 1 is 1.07 bits per heavy atom. The van der Waals surface area contributed by atoms with Gasteiger partial charge in [-0.25, -0.2) is 0 Å². The first-order chi connectivity index (χ1) is 13.6. The van der Waals surface area contributed by atoms with E-state index in [0.29, 0.717) is 10.7 Å². The molecule has 0 atom stereocenters. The third-order valence-corrected chi connectivity index (χ3v) is 5.42. The Morgan fingerprint density at radius 3 is 2.54 bits per heavy atom. The van der Waals surface area contributed by atoms with Crippen LogP contribution in [0.25, 0.3) is 0 Å². The molecule has 0 bridgehead atoms. The number of likely N-dealkylation sites (tertiary alicyclic amines) is 1. The Kier molecular flexibility index (Phi) is 5.34. The van der Waals surface area contributed by atoms with E-state index in [2.05, 4.69) is 15.5 Å². The summed E-state index contributed by atoms with van der Waals surface area (Å²) in [6, 6.07) is 13.5. The molecule has 0 aliphatic carbocycles. The summed E-state index contributed by atoms with van der Waals surface area (Å²) < 4.78 is 10.7. The van der Waals surface area contributed by atoms with Crippen LogP contribution in [0.3, 0.4) is 0 Å². The number of carbonyl (C=O) groups excluding carboxylic acids is 1. The molecule has 0 saturated carbocycles. The van der Waals surface area contributed by atoms with Gasteiger partial charge in [0.15, 0.2) is 16.6 Å². The Hall–Kier alpha value is -2.80. The van der Waals surface area contributed by atoms with Crippen molar-refractivity contribution in [3.05, 3.63) is 53.6 Å². The van der Waals surface area contributed by atoms with Gasteiger partial charge in [0.25, 0.3) is 5.91 Å². The van der Waals surface area contributed by atoms with Crippen molar-refractivity contribution in [3.8, 4) is 11.5 Å². The van der Waals surface area contributed by atoms with Crippen molar-refractivity contribution in [1.82, 2.24) is 10.2 Å². The number of nitrogens with zero attached hydrogens (tertiary/aromatic N) is 1. The molecule has 2 aliphatic heterocycles. The highest BCUT2D eigenvalue weighted by Crippen LogP contribution is 2.34. The normalized spacial score (nSPS) is 16.0. The van der Waals surface area contributed by atoms with Gasteiger partial charge in [-0.15, -0.1) is 0 Å². The van der Waals surface area contributed by atoms with E-state index in [1.807, 2.05) is 49.4 Å². The molecule has 1 fully saturated rings. The van der Waals surface area contributed by atoms with Gasteiger partial charge in [-0.3, -0.25) is 4.79 Å². The molecule has 0 radical (unpaired) electrons. The van der Waals surface area contributed by atoms with Gasteiger partial charge in [0, 0.05) is 36.4 Å². The number of ether oxygens (including phenoxy) is 2. The van der Waals surface area contributed by atoms with E-state index in [1.54, 1.807) is 0 Å². The second kappa shape index (κ2) is 8.06. The minimum atomic E-state index is -0.0143. The van der Waals surface area contributed by atoms with E-state index in [9.17, 15) is 4.79 Å². The number of fused-ring (bicyclic) bond motifs is 1. The lowest BCUT2D eigenvalue weighted by Crippen LogP contribution is -2.47. The molecule has 0 aromatic heterocycles. The Balaban J connectivity index is 1.27. The fourth-order valence-electron chi connectivity index (χ4n) is 3.38. The molecule has 1 amide bonds. The van der Waals surface area contributed by atoms with Gasteiger partial charge in [-0.2, -0.15) is 0 Å². The summed E-state index contributed by atoms with van der Waals surface area (Å²) in [6.45, 7) is 3.87. The molecule has 0 spiro atoms. The number of amides is 1. The number of aryl methyl sites for hydroxylation is 1. The summed E-state index contributed by atoms with van der Waals surface area (Å²) in [5.41, 5.74) is 2.73. The number of benzene rings is 2. The maximum absolute atomic E-state index is 12.4. The highest BCUT2D eigenvalue weighted by atomic mass is 32.1. The fourth-order valence-corrected chi connectivity index (χ4v) is 3.68. The van der Waals surface area contributed by atoms with E-state index in [0.717, 1.165) is 48.7 Å². The molecule has 1 saturated heterocycles. The van der Waals surface area contributed by atoms with E-state index >= 15 is 0 Å². The van der Waals surface area contributed by atoms with Gasteiger partial charge in [0.05, 0.1) is 0 Å². The molecule has 28 heavy (non-hydrogen) atoms. The number of hydrogen-bond donors (Lipinski definition) is 2. The van der Waals surface area contributed by atoms with Crippen molar-refractivity contribution in [3.63, 3.8) is 0 Å². The Labute approximate surface area is 169 Å². The molecule has 7 heteroatoms. The molecule has 2 aliphatic rings. The average molecular weight is 398 g/mol. The Morgan fingerprint density at radius 2 is 1.79 bits per heavy atom. The summed E-state index contributed by atoms with van der Waals surface area (Å²) in [4.78, 5) is 14.5. The van der Waals surface area contributed by atoms with E-state index in [-0.39, 0.29) is 18.7 Å². The summed E-state index contributed by atoms with van der Waals surface area (Å²) in [5.74, 6) is 1.46. The molecule has 0 unspecified atom stereocenters. The van der Waals surface area contributed by atoms with Crippen LogP contribution >= 0.6 is 12.2 Å². The van der Waals surface area contributed by atoms with Crippen molar-refractivity contribution >= 4 is 28.9 Å². The zero-order valence-electron chi connectivity index (χ0n) is 15.7. The quantitative estimate of drug-likeness (QED) is 0.775. The SMILES string of the molecule is Cc1ccc(C(=O)NC2CCN(C(=S)Nc3ccc4c(c3)OCO4)CC2)cc1. The zero-order chi connectivity index (χ0) is 19.5. The molecule has 2 aromatic carbocycles. The van der Waals surface area contributed by atoms with Crippen molar-refractivity contribution < 1.29 is 14.3 Å². The van der Waals surface area contributed by atoms with Gasteiger partial charge in [0.1, 0.15) is 0 Å². The lowest BCUT2D eigenvalue weighted by Gasteiger charge is -2.34. The third kappa shape index (κ3) is 4.20. The second-order valence-electron chi connectivity index (χ2n) is 7.10. The number of anilines is 1. The third-order valence-electron chi connectivity index (χ3n) is 5.05. The first-order valence-corrected chi connectivity index (χ1v) is 9.82. The molecule has 2 N–H and O–H groups in total. The predicted molar refractivity (Wildman–Crippen MR) is 112 cm³/mol.